The minimum absolute atomic E-state index is 0.00896. The van der Waals surface area contributed by atoms with Gasteiger partial charge < -0.3 is 10.1 Å². The minimum Gasteiger partial charge on any atom is -0.497 e. The summed E-state index contributed by atoms with van der Waals surface area (Å²) < 4.78 is 5.53. The second-order valence-electron chi connectivity index (χ2n) is 8.81. The molecule has 3 aliphatic heterocycles. The van der Waals surface area contributed by atoms with E-state index in [-0.39, 0.29) is 23.7 Å². The Morgan fingerprint density at radius 3 is 2.52 bits per heavy atom. The van der Waals surface area contributed by atoms with Gasteiger partial charge in [0.1, 0.15) is 11.3 Å². The maximum atomic E-state index is 14.3. The van der Waals surface area contributed by atoms with Crippen molar-refractivity contribution < 1.29 is 14.3 Å². The Balaban J connectivity index is 1.63. The van der Waals surface area contributed by atoms with E-state index in [2.05, 4.69) is 22.3 Å². The number of anilines is 1. The number of hydrogen-bond donors (Lipinski definition) is 1. The van der Waals surface area contributed by atoms with E-state index < -0.39 is 11.5 Å². The van der Waals surface area contributed by atoms with Crippen LogP contribution >= 0.6 is 11.8 Å². The molecule has 1 spiro atoms. The van der Waals surface area contributed by atoms with E-state index in [0.29, 0.717) is 17.2 Å². The highest BCUT2D eigenvalue weighted by molar-refractivity contribution is 7.99. The number of hydrogen-bond acceptors (Lipinski definition) is 5. The molecule has 1 amide bonds. The number of carbonyl (C=O) groups is 2. The molecule has 6 rings (SSSR count). The molecule has 0 aliphatic carbocycles. The fourth-order valence-corrected chi connectivity index (χ4v) is 7.34. The first-order chi connectivity index (χ1) is 16.2. The third-order valence-electron chi connectivity index (χ3n) is 7.35. The second kappa shape index (κ2) is 7.75. The van der Waals surface area contributed by atoms with E-state index in [1.54, 1.807) is 7.11 Å². The van der Waals surface area contributed by atoms with Crippen LogP contribution in [0.1, 0.15) is 27.4 Å². The van der Waals surface area contributed by atoms with Crippen molar-refractivity contribution in [2.24, 2.45) is 5.92 Å². The lowest BCUT2D eigenvalue weighted by Crippen LogP contribution is -2.52. The summed E-state index contributed by atoms with van der Waals surface area (Å²) in [6, 6.07) is 25.4. The van der Waals surface area contributed by atoms with Crippen LogP contribution in [0.25, 0.3) is 0 Å². The van der Waals surface area contributed by atoms with Crippen molar-refractivity contribution in [3.8, 4) is 5.75 Å². The Kier molecular flexibility index (Phi) is 4.82. The summed E-state index contributed by atoms with van der Waals surface area (Å²) in [5, 5.41) is 3.10. The van der Waals surface area contributed by atoms with E-state index in [1.807, 2.05) is 78.5 Å². The Labute approximate surface area is 197 Å². The van der Waals surface area contributed by atoms with Crippen molar-refractivity contribution in [2.45, 2.75) is 17.5 Å². The second-order valence-corrected chi connectivity index (χ2v) is 9.81. The average molecular weight is 457 g/mol. The molecule has 2 fully saturated rings. The van der Waals surface area contributed by atoms with Gasteiger partial charge in [-0.1, -0.05) is 60.7 Å². The molecule has 0 radical (unpaired) electrons. The van der Waals surface area contributed by atoms with Crippen molar-refractivity contribution in [3.63, 3.8) is 0 Å². The van der Waals surface area contributed by atoms with Crippen LogP contribution in [0.15, 0.2) is 78.9 Å². The van der Waals surface area contributed by atoms with Crippen LogP contribution in [-0.4, -0.2) is 41.4 Å². The summed E-state index contributed by atoms with van der Waals surface area (Å²) in [4.78, 5) is 30.5. The van der Waals surface area contributed by atoms with Crippen LogP contribution in [0.3, 0.4) is 0 Å². The molecule has 3 aromatic carbocycles. The van der Waals surface area contributed by atoms with Gasteiger partial charge in [0.2, 0.25) is 5.91 Å². The topological polar surface area (TPSA) is 58.6 Å². The molecule has 6 heteroatoms. The van der Waals surface area contributed by atoms with Gasteiger partial charge in [-0.25, -0.2) is 0 Å². The number of fused-ring (bicyclic) bond motifs is 4. The zero-order chi connectivity index (χ0) is 22.6. The number of amides is 1. The molecule has 2 saturated heterocycles. The van der Waals surface area contributed by atoms with Crippen LogP contribution < -0.4 is 10.1 Å². The number of thioether (sulfide) groups is 1. The Bertz CT molecular complexity index is 1230. The molecule has 0 saturated carbocycles. The summed E-state index contributed by atoms with van der Waals surface area (Å²) in [7, 11) is 1.63. The number of Topliss-reactive ketones (excluding diaryl/α,β-unsaturated/α-hetero) is 1. The summed E-state index contributed by atoms with van der Waals surface area (Å²) >= 11 is 1.82. The van der Waals surface area contributed by atoms with Crippen LogP contribution in [-0.2, 0) is 10.3 Å². The van der Waals surface area contributed by atoms with Crippen molar-refractivity contribution >= 4 is 29.1 Å². The molecule has 33 heavy (non-hydrogen) atoms. The number of ketones is 1. The average Bonchev–Trinajstić information content (AvgIpc) is 3.52. The molecule has 0 aromatic heterocycles. The van der Waals surface area contributed by atoms with Crippen LogP contribution in [0.4, 0.5) is 5.69 Å². The number of carbonyl (C=O) groups excluding carboxylic acids is 2. The molecular formula is C27H24N2O3S. The van der Waals surface area contributed by atoms with Crippen molar-refractivity contribution in [3.05, 3.63) is 95.6 Å². The minimum atomic E-state index is -1.08. The first kappa shape index (κ1) is 20.5. The number of ether oxygens (including phenoxy) is 1. The molecule has 3 aromatic rings. The van der Waals surface area contributed by atoms with E-state index in [0.717, 1.165) is 22.6 Å². The summed E-state index contributed by atoms with van der Waals surface area (Å²) in [5.41, 5.74) is 2.26. The number of nitrogens with one attached hydrogen (secondary N) is 1. The highest BCUT2D eigenvalue weighted by atomic mass is 32.2. The predicted octanol–water partition coefficient (Wildman–Crippen LogP) is 4.51. The van der Waals surface area contributed by atoms with Crippen molar-refractivity contribution in [1.82, 2.24) is 4.90 Å². The van der Waals surface area contributed by atoms with Gasteiger partial charge in [0.15, 0.2) is 5.78 Å². The molecule has 0 bridgehead atoms. The first-order valence-electron chi connectivity index (χ1n) is 11.1. The quantitative estimate of drug-likeness (QED) is 0.586. The molecule has 4 atom stereocenters. The maximum Gasteiger partial charge on any atom is 0.250 e. The lowest BCUT2D eigenvalue weighted by Gasteiger charge is -2.36. The van der Waals surface area contributed by atoms with Crippen molar-refractivity contribution in [2.75, 3.05) is 24.1 Å². The van der Waals surface area contributed by atoms with Gasteiger partial charge in [-0.2, -0.15) is 0 Å². The normalized spacial score (nSPS) is 27.9. The lowest BCUT2D eigenvalue weighted by atomic mass is 9.69. The van der Waals surface area contributed by atoms with Crippen LogP contribution in [0.5, 0.6) is 5.75 Å². The van der Waals surface area contributed by atoms with Crippen LogP contribution in [0.2, 0.25) is 0 Å². The monoisotopic (exact) mass is 456 g/mol. The first-order valence-corrected chi connectivity index (χ1v) is 12.3. The lowest BCUT2D eigenvalue weighted by molar-refractivity contribution is -0.127. The van der Waals surface area contributed by atoms with E-state index >= 15 is 0 Å². The van der Waals surface area contributed by atoms with E-state index in [1.165, 1.54) is 0 Å². The predicted molar refractivity (Wildman–Crippen MR) is 130 cm³/mol. The molecule has 166 valence electrons. The number of methoxy groups -OCH3 is 1. The molecule has 1 N–H and O–H groups in total. The third kappa shape index (κ3) is 2.84. The molecular weight excluding hydrogens is 432 g/mol. The van der Waals surface area contributed by atoms with E-state index in [4.69, 9.17) is 4.74 Å². The SMILES string of the molecule is COc1ccc2c(c1)[C@]1(C(=O)N2)[C@H](C(=O)c2ccccc2)[C@H](c2ccccc2)[C@@H]2CSCN21. The third-order valence-corrected chi connectivity index (χ3v) is 8.39. The largest absolute Gasteiger partial charge is 0.497 e. The number of nitrogens with zero attached hydrogens (tertiary/aromatic N) is 1. The number of rotatable bonds is 4. The van der Waals surface area contributed by atoms with Gasteiger partial charge in [0.25, 0.3) is 0 Å². The summed E-state index contributed by atoms with van der Waals surface area (Å²) in [6.45, 7) is 0. The van der Waals surface area contributed by atoms with Gasteiger partial charge in [0.05, 0.1) is 13.0 Å². The van der Waals surface area contributed by atoms with Gasteiger partial charge >= 0.3 is 0 Å². The molecule has 3 heterocycles. The highest BCUT2D eigenvalue weighted by Gasteiger charge is 2.69. The Morgan fingerprint density at radius 1 is 1.06 bits per heavy atom. The van der Waals surface area contributed by atoms with Crippen molar-refractivity contribution in [1.29, 1.82) is 0 Å². The highest BCUT2D eigenvalue weighted by Crippen LogP contribution is 2.61. The molecule has 5 nitrogen and oxygen atoms in total. The zero-order valence-corrected chi connectivity index (χ0v) is 19.0. The van der Waals surface area contributed by atoms with Gasteiger partial charge in [-0.05, 0) is 23.8 Å². The molecule has 3 aliphatic rings. The van der Waals surface area contributed by atoms with Crippen LogP contribution in [0, 0.1) is 5.92 Å². The number of benzene rings is 3. The Morgan fingerprint density at radius 2 is 1.79 bits per heavy atom. The standard InChI is InChI=1S/C27H24N2O3S/c1-32-19-12-13-21-20(14-19)27(26(31)28-21)24(25(30)18-10-6-3-7-11-18)23(17-8-4-2-5-9-17)22-15-33-16-29(22)27/h2-14,22-24H,15-16H2,1H3,(H,28,31)/t22-,23+,24-,27+/m0/s1. The fourth-order valence-electron chi connectivity index (χ4n) is 6.01. The van der Waals surface area contributed by atoms with E-state index in [9.17, 15) is 9.59 Å². The zero-order valence-electron chi connectivity index (χ0n) is 18.2. The van der Waals surface area contributed by atoms with Gasteiger partial charge in [-0.3, -0.25) is 14.5 Å². The Hall–Kier alpha value is -3.09. The summed E-state index contributed by atoms with van der Waals surface area (Å²) in [6.07, 6.45) is 0. The smallest absolute Gasteiger partial charge is 0.250 e. The van der Waals surface area contributed by atoms with Gasteiger partial charge in [0, 0.05) is 40.4 Å². The fraction of sp³-hybridized carbons (Fsp3) is 0.259. The molecule has 0 unspecified atom stereocenters. The van der Waals surface area contributed by atoms with Gasteiger partial charge in [-0.15, -0.1) is 11.8 Å². The maximum absolute atomic E-state index is 14.3. The summed E-state index contributed by atoms with van der Waals surface area (Å²) in [5.74, 6) is 1.50.